The zero-order chi connectivity index (χ0) is 17.5. The number of benzene rings is 1. The van der Waals surface area contributed by atoms with Gasteiger partial charge in [0.05, 0.1) is 11.3 Å². The molecular weight excluding hydrogens is 351 g/mol. The van der Waals surface area contributed by atoms with Crippen molar-refractivity contribution in [3.8, 4) is 0 Å². The lowest BCUT2D eigenvalue weighted by Gasteiger charge is -2.17. The molecule has 0 aliphatic carbocycles. The Morgan fingerprint density at radius 2 is 1.96 bits per heavy atom. The molecule has 128 valence electrons. The van der Waals surface area contributed by atoms with Crippen molar-refractivity contribution in [1.29, 1.82) is 0 Å². The van der Waals surface area contributed by atoms with Crippen LogP contribution in [-0.2, 0) is 4.79 Å². The van der Waals surface area contributed by atoms with Crippen molar-refractivity contribution in [2.75, 3.05) is 24.2 Å². The normalized spacial score (nSPS) is 10.5. The smallest absolute Gasteiger partial charge is 0.260 e. The molecule has 0 saturated heterocycles. The Balaban J connectivity index is 1.93. The van der Waals surface area contributed by atoms with Crippen molar-refractivity contribution in [3.63, 3.8) is 0 Å². The number of carbonyl (C=O) groups excluding carboxylic acids is 2. The highest BCUT2D eigenvalue weighted by Crippen LogP contribution is 2.26. The van der Waals surface area contributed by atoms with Crippen molar-refractivity contribution >= 4 is 40.0 Å². The van der Waals surface area contributed by atoms with Crippen LogP contribution in [0, 0.1) is 5.82 Å². The van der Waals surface area contributed by atoms with Gasteiger partial charge >= 0.3 is 0 Å². The van der Waals surface area contributed by atoms with Crippen LogP contribution in [0.15, 0.2) is 28.6 Å². The molecular formula is C15H17FN4O2S2. The molecule has 0 aliphatic heterocycles. The Bertz CT molecular complexity index is 719. The van der Waals surface area contributed by atoms with Gasteiger partial charge in [-0.3, -0.25) is 14.9 Å². The summed E-state index contributed by atoms with van der Waals surface area (Å²) in [6, 6.07) is 5.70. The number of hydrogen-bond acceptors (Lipinski definition) is 6. The first kappa shape index (κ1) is 18.3. The third kappa shape index (κ3) is 4.75. The summed E-state index contributed by atoms with van der Waals surface area (Å²) in [7, 11) is 0. The molecule has 0 fully saturated rings. The standard InChI is InChI=1S/C15H17FN4O2S2/c1-3-20(4-2)12(21)9-23-15-19-18-14(24-15)17-13(22)10-7-5-6-8-11(10)16/h5-8H,3-4,9H2,1-2H3,(H,17,18,22). The largest absolute Gasteiger partial charge is 0.343 e. The molecule has 9 heteroatoms. The number of thioether (sulfide) groups is 1. The van der Waals surface area contributed by atoms with Gasteiger partial charge in [-0.25, -0.2) is 4.39 Å². The number of halogens is 1. The van der Waals surface area contributed by atoms with Crippen LogP contribution in [0.25, 0.3) is 0 Å². The van der Waals surface area contributed by atoms with E-state index < -0.39 is 11.7 Å². The molecule has 2 amide bonds. The van der Waals surface area contributed by atoms with Gasteiger partial charge in [-0.05, 0) is 26.0 Å². The van der Waals surface area contributed by atoms with E-state index in [2.05, 4.69) is 15.5 Å². The molecule has 0 radical (unpaired) electrons. The fraction of sp³-hybridized carbons (Fsp3) is 0.333. The summed E-state index contributed by atoms with van der Waals surface area (Å²) in [4.78, 5) is 25.7. The van der Waals surface area contributed by atoms with E-state index in [-0.39, 0.29) is 22.4 Å². The van der Waals surface area contributed by atoms with Crippen LogP contribution in [0.5, 0.6) is 0 Å². The van der Waals surface area contributed by atoms with Crippen LogP contribution in [0.1, 0.15) is 24.2 Å². The minimum Gasteiger partial charge on any atom is -0.343 e. The van der Waals surface area contributed by atoms with Crippen molar-refractivity contribution in [2.45, 2.75) is 18.2 Å². The Hall–Kier alpha value is -2.00. The molecule has 0 spiro atoms. The summed E-state index contributed by atoms with van der Waals surface area (Å²) in [5.74, 6) is -0.895. The third-order valence-electron chi connectivity index (χ3n) is 3.18. The molecule has 2 aromatic rings. The quantitative estimate of drug-likeness (QED) is 0.601. The number of anilines is 1. The highest BCUT2D eigenvalue weighted by molar-refractivity contribution is 8.01. The van der Waals surface area contributed by atoms with Gasteiger partial charge in [0, 0.05) is 13.1 Å². The Labute approximate surface area is 147 Å². The van der Waals surface area contributed by atoms with Crippen molar-refractivity contribution in [1.82, 2.24) is 15.1 Å². The maximum absolute atomic E-state index is 13.6. The molecule has 1 N–H and O–H groups in total. The molecule has 1 aromatic carbocycles. The van der Waals surface area contributed by atoms with Crippen molar-refractivity contribution in [3.05, 3.63) is 35.6 Å². The number of rotatable bonds is 7. The Morgan fingerprint density at radius 3 is 2.62 bits per heavy atom. The Kier molecular flexibility index (Phi) is 6.68. The maximum atomic E-state index is 13.6. The number of amides is 2. The molecule has 24 heavy (non-hydrogen) atoms. The predicted molar refractivity (Wildman–Crippen MR) is 92.9 cm³/mol. The summed E-state index contributed by atoms with van der Waals surface area (Å²) >= 11 is 2.41. The van der Waals surface area contributed by atoms with Crippen LogP contribution >= 0.6 is 23.1 Å². The van der Waals surface area contributed by atoms with E-state index in [4.69, 9.17) is 0 Å². The lowest BCUT2D eigenvalue weighted by molar-refractivity contribution is -0.127. The maximum Gasteiger partial charge on any atom is 0.260 e. The molecule has 2 rings (SSSR count). The monoisotopic (exact) mass is 368 g/mol. The van der Waals surface area contributed by atoms with Crippen LogP contribution in [0.2, 0.25) is 0 Å². The molecule has 0 aliphatic rings. The van der Waals surface area contributed by atoms with Gasteiger partial charge in [-0.1, -0.05) is 35.2 Å². The lowest BCUT2D eigenvalue weighted by Crippen LogP contribution is -2.31. The first-order valence-electron chi connectivity index (χ1n) is 7.35. The van der Waals surface area contributed by atoms with E-state index in [1.165, 1.54) is 30.0 Å². The topological polar surface area (TPSA) is 75.2 Å². The van der Waals surface area contributed by atoms with Crippen LogP contribution < -0.4 is 5.32 Å². The van der Waals surface area contributed by atoms with E-state index in [1.807, 2.05) is 13.8 Å². The van der Waals surface area contributed by atoms with Gasteiger partial charge in [-0.15, -0.1) is 10.2 Å². The van der Waals surface area contributed by atoms with E-state index in [0.29, 0.717) is 17.4 Å². The SMILES string of the molecule is CCN(CC)C(=O)CSc1nnc(NC(=O)c2ccccc2F)s1. The van der Waals surface area contributed by atoms with Gasteiger partial charge < -0.3 is 4.90 Å². The number of aromatic nitrogens is 2. The average molecular weight is 368 g/mol. The summed E-state index contributed by atoms with van der Waals surface area (Å²) in [5.41, 5.74) is -0.0568. The highest BCUT2D eigenvalue weighted by Gasteiger charge is 2.15. The third-order valence-corrected chi connectivity index (χ3v) is 5.14. The summed E-state index contributed by atoms with van der Waals surface area (Å²) in [6.07, 6.45) is 0. The number of carbonyl (C=O) groups is 2. The highest BCUT2D eigenvalue weighted by atomic mass is 32.2. The Morgan fingerprint density at radius 1 is 1.25 bits per heavy atom. The van der Waals surface area contributed by atoms with Crippen LogP contribution in [-0.4, -0.2) is 45.8 Å². The fourth-order valence-corrected chi connectivity index (χ4v) is 3.57. The molecule has 1 heterocycles. The van der Waals surface area contributed by atoms with E-state index >= 15 is 0 Å². The van der Waals surface area contributed by atoms with Gasteiger partial charge in [0.25, 0.3) is 5.91 Å². The average Bonchev–Trinajstić information content (AvgIpc) is 3.02. The molecule has 0 saturated carbocycles. The van der Waals surface area contributed by atoms with Gasteiger partial charge in [0.2, 0.25) is 11.0 Å². The molecule has 1 aromatic heterocycles. The van der Waals surface area contributed by atoms with E-state index in [9.17, 15) is 14.0 Å². The summed E-state index contributed by atoms with van der Waals surface area (Å²) < 4.78 is 14.1. The minimum absolute atomic E-state index is 0.0251. The van der Waals surface area contributed by atoms with Crippen molar-refractivity contribution < 1.29 is 14.0 Å². The molecule has 6 nitrogen and oxygen atoms in total. The predicted octanol–water partition coefficient (Wildman–Crippen LogP) is 2.89. The first-order chi connectivity index (χ1) is 11.5. The van der Waals surface area contributed by atoms with E-state index in [0.717, 1.165) is 11.3 Å². The number of hydrogen-bond donors (Lipinski definition) is 1. The van der Waals surface area contributed by atoms with Crippen LogP contribution in [0.3, 0.4) is 0 Å². The molecule has 0 unspecified atom stereocenters. The number of nitrogens with zero attached hydrogens (tertiary/aromatic N) is 3. The van der Waals surface area contributed by atoms with Gasteiger partial charge in [-0.2, -0.15) is 0 Å². The minimum atomic E-state index is -0.598. The first-order valence-corrected chi connectivity index (χ1v) is 9.15. The van der Waals surface area contributed by atoms with Gasteiger partial charge in [0.1, 0.15) is 5.82 Å². The fourth-order valence-electron chi connectivity index (χ4n) is 1.92. The second-order valence-corrected chi connectivity index (χ2v) is 6.86. The molecule has 0 atom stereocenters. The zero-order valence-electron chi connectivity index (χ0n) is 13.3. The number of nitrogens with one attached hydrogen (secondary N) is 1. The van der Waals surface area contributed by atoms with E-state index in [1.54, 1.807) is 11.0 Å². The zero-order valence-corrected chi connectivity index (χ0v) is 14.9. The summed E-state index contributed by atoms with van der Waals surface area (Å²) in [6.45, 7) is 5.17. The summed E-state index contributed by atoms with van der Waals surface area (Å²) in [5, 5.41) is 10.5. The second kappa shape index (κ2) is 8.74. The van der Waals surface area contributed by atoms with Crippen molar-refractivity contribution in [2.24, 2.45) is 0 Å². The lowest BCUT2D eigenvalue weighted by atomic mass is 10.2. The van der Waals surface area contributed by atoms with Gasteiger partial charge in [0.15, 0.2) is 4.34 Å². The second-order valence-electron chi connectivity index (χ2n) is 4.66. The molecule has 0 bridgehead atoms. The van der Waals surface area contributed by atoms with Crippen LogP contribution in [0.4, 0.5) is 9.52 Å².